The number of carbonyl (C=O) groups is 2. The highest BCUT2D eigenvalue weighted by Gasteiger charge is 2.46. The maximum Gasteiger partial charge on any atom is 0.481 e. The van der Waals surface area contributed by atoms with Crippen LogP contribution in [0.4, 0.5) is 5.82 Å². The molecule has 71 heavy (non-hydrogen) atoms. The lowest BCUT2D eigenvalue weighted by Crippen LogP contribution is -2.36. The molecule has 0 bridgehead atoms. The molecule has 0 saturated carbocycles. The number of aromatic nitrogens is 2. The highest BCUT2D eigenvalue weighted by Crippen LogP contribution is 2.60. The largest absolute Gasteiger partial charge is 0.481 e. The lowest BCUT2D eigenvalue weighted by Gasteiger charge is -2.21. The molecular weight excluding hydrogens is 961 g/mol. The lowest BCUT2D eigenvalue weighted by atomic mass is 10.1. The van der Waals surface area contributed by atoms with Gasteiger partial charge in [-0.05, 0) is 76.7 Å². The molecule has 1 aromatic rings. The van der Waals surface area contributed by atoms with Crippen LogP contribution in [-0.4, -0.2) is 96.9 Å². The van der Waals surface area contributed by atoms with Crippen molar-refractivity contribution in [1.29, 1.82) is 0 Å². The van der Waals surface area contributed by atoms with Crippen LogP contribution in [0, 0.1) is 0 Å². The van der Waals surface area contributed by atoms with E-state index in [1.165, 1.54) is 25.3 Å². The molecule has 2 heterocycles. The smallest absolute Gasteiger partial charge is 0.462 e. The number of nitrogens with two attached hydrogens (primary N) is 1. The molecule has 2 unspecified atom stereocenters. The van der Waals surface area contributed by atoms with Crippen LogP contribution in [-0.2, 0) is 46.3 Å². The highest BCUT2D eigenvalue weighted by atomic mass is 31.3. The number of allylic oxidation sites excluding steroid dienone is 11. The number of hydrogen-bond donors (Lipinski definition) is 6. The summed E-state index contributed by atoms with van der Waals surface area (Å²) in [7, 11) is -10.9. The van der Waals surface area contributed by atoms with Crippen molar-refractivity contribution in [2.24, 2.45) is 0 Å². The Hall–Kier alpha value is -3.84. The van der Waals surface area contributed by atoms with Gasteiger partial charge in [0.1, 0.15) is 30.7 Å². The summed E-state index contributed by atoms with van der Waals surface area (Å²) in [6.45, 7) is 1.92. The van der Waals surface area contributed by atoms with Gasteiger partial charge in [-0.15, -0.1) is 0 Å². The maximum atomic E-state index is 12.8. The molecule has 0 radical (unpaired) electrons. The van der Waals surface area contributed by atoms with Gasteiger partial charge in [-0.25, -0.2) is 13.9 Å². The van der Waals surface area contributed by atoms with E-state index in [1.54, 1.807) is 6.08 Å². The van der Waals surface area contributed by atoms with Crippen LogP contribution in [0.1, 0.15) is 155 Å². The lowest BCUT2D eigenvalue weighted by molar-refractivity contribution is -0.161. The SMILES string of the molecule is CCCCC/C=C\C/C=C\CCCCCCCC(=O)OC[C@H](COP(=O)(O)OP(=O)(O)OC[C@H]1O[C@@H](n2ccc(N)nc2=O)[C@H](O)[C@@H]1O)OC(=O)CCC/C=C\C/C=C\C/C=C\C=C\[C@@H](O)CCCCC. The fourth-order valence-corrected chi connectivity index (χ4v) is 9.03. The zero-order valence-corrected chi connectivity index (χ0v) is 43.4. The molecule has 0 amide bonds. The second-order valence-corrected chi connectivity index (χ2v) is 20.2. The first kappa shape index (κ1) is 63.3. The molecular formula is C50H81N3O16P2. The van der Waals surface area contributed by atoms with Crippen molar-refractivity contribution < 1.29 is 71.4 Å². The zero-order valence-electron chi connectivity index (χ0n) is 41.6. The minimum Gasteiger partial charge on any atom is -0.462 e. The first-order chi connectivity index (χ1) is 34.1. The molecule has 1 aliphatic heterocycles. The van der Waals surface area contributed by atoms with Crippen molar-refractivity contribution >= 4 is 33.4 Å². The summed E-state index contributed by atoms with van der Waals surface area (Å²) < 4.78 is 56.6. The van der Waals surface area contributed by atoms with E-state index >= 15 is 0 Å². The summed E-state index contributed by atoms with van der Waals surface area (Å²) in [5.74, 6) is -1.42. The predicted molar refractivity (Wildman–Crippen MR) is 271 cm³/mol. The third kappa shape index (κ3) is 30.7. The van der Waals surface area contributed by atoms with Crippen molar-refractivity contribution in [2.45, 2.75) is 185 Å². The Bertz CT molecular complexity index is 1990. The van der Waals surface area contributed by atoms with Crippen molar-refractivity contribution in [3.05, 3.63) is 95.7 Å². The van der Waals surface area contributed by atoms with E-state index in [4.69, 9.17) is 29.0 Å². The third-order valence-electron chi connectivity index (χ3n) is 10.9. The molecule has 21 heteroatoms. The van der Waals surface area contributed by atoms with Gasteiger partial charge in [-0.3, -0.25) is 23.2 Å². The van der Waals surface area contributed by atoms with Gasteiger partial charge in [0.2, 0.25) is 0 Å². The number of phosphoric acid groups is 2. The Morgan fingerprint density at radius 2 is 1.32 bits per heavy atom. The molecule has 2 rings (SSSR count). The Morgan fingerprint density at radius 3 is 2.00 bits per heavy atom. The van der Waals surface area contributed by atoms with Gasteiger partial charge in [0.25, 0.3) is 0 Å². The molecule has 0 aliphatic carbocycles. The predicted octanol–water partition coefficient (Wildman–Crippen LogP) is 9.08. The number of unbranched alkanes of at least 4 members (excludes halogenated alkanes) is 11. The molecule has 402 valence electrons. The number of nitrogen functional groups attached to an aromatic ring is 1. The summed E-state index contributed by atoms with van der Waals surface area (Å²) >= 11 is 0. The minimum absolute atomic E-state index is 0.0523. The zero-order chi connectivity index (χ0) is 52.2. The van der Waals surface area contributed by atoms with Crippen molar-refractivity contribution in [3.8, 4) is 0 Å². The quantitative estimate of drug-likeness (QED) is 0.0117. The molecule has 0 aromatic carbocycles. The topological polar surface area (TPSA) is 286 Å². The van der Waals surface area contributed by atoms with Gasteiger partial charge in [0.15, 0.2) is 12.3 Å². The highest BCUT2D eigenvalue weighted by molar-refractivity contribution is 7.61. The standard InChI is InChI=1S/C50H81N3O16P2/c1-3-5-7-8-9-10-11-12-13-14-17-20-23-26-30-34-45(55)64-38-42(67-46(56)35-31-27-24-21-18-15-16-19-22-25-29-33-41(54)32-28-6-4-2)39-65-70(60,61)69-71(62,63)66-40-43-47(57)48(58)49(68-43)53-37-36-44(51)52-50(53)59/h9-10,12-13,15-16,21-22,24-25,29,33,36-37,41-43,47-49,54,57-58H,3-8,11,14,17-20,23,26-28,30-32,34-35,38-40H2,1-2H3,(H,60,61)(H,62,63)(H2,51,52,59)/b10-9-,13-12-,16-15-,24-21-,25-22-,33-29+/t41-,42+,43+,47+,48+,49+/m0/s1. The average Bonchev–Trinajstić information content (AvgIpc) is 3.60. The fraction of sp³-hybridized carbons (Fsp3) is 0.640. The van der Waals surface area contributed by atoms with Crippen molar-refractivity contribution in [2.75, 3.05) is 25.6 Å². The van der Waals surface area contributed by atoms with E-state index in [9.17, 15) is 48.6 Å². The summed E-state index contributed by atoms with van der Waals surface area (Å²) in [5.41, 5.74) is 4.57. The van der Waals surface area contributed by atoms with Gasteiger partial charge < -0.3 is 45.1 Å². The van der Waals surface area contributed by atoms with Crippen molar-refractivity contribution in [1.82, 2.24) is 9.55 Å². The third-order valence-corrected chi connectivity index (χ3v) is 13.5. The first-order valence-electron chi connectivity index (χ1n) is 25.1. The normalized spacial score (nSPS) is 20.2. The van der Waals surface area contributed by atoms with Crippen LogP contribution >= 0.6 is 15.6 Å². The van der Waals surface area contributed by atoms with E-state index in [0.29, 0.717) is 25.7 Å². The molecule has 1 saturated heterocycles. The van der Waals surface area contributed by atoms with Crippen LogP contribution in [0.25, 0.3) is 0 Å². The number of rotatable bonds is 40. The average molecular weight is 1040 g/mol. The van der Waals surface area contributed by atoms with E-state index in [0.717, 1.165) is 87.8 Å². The van der Waals surface area contributed by atoms with Gasteiger partial charge in [0, 0.05) is 19.0 Å². The number of nitrogens with zero attached hydrogens (tertiary/aromatic N) is 2. The molecule has 7 N–H and O–H groups in total. The number of anilines is 1. The second-order valence-electron chi connectivity index (χ2n) is 17.2. The summed E-state index contributed by atoms with van der Waals surface area (Å²) in [4.78, 5) is 61.8. The van der Waals surface area contributed by atoms with Gasteiger partial charge in [-0.1, -0.05) is 138 Å². The minimum atomic E-state index is -5.45. The molecule has 19 nitrogen and oxygen atoms in total. The van der Waals surface area contributed by atoms with E-state index in [2.05, 4.69) is 47.4 Å². The van der Waals surface area contributed by atoms with Gasteiger partial charge >= 0.3 is 33.3 Å². The maximum absolute atomic E-state index is 12.8. The van der Waals surface area contributed by atoms with Crippen LogP contribution in [0.5, 0.6) is 0 Å². The number of hydrogen-bond acceptors (Lipinski definition) is 16. The second kappa shape index (κ2) is 37.8. The van der Waals surface area contributed by atoms with E-state index < -0.39 is 89.8 Å². The Morgan fingerprint density at radius 1 is 0.746 bits per heavy atom. The van der Waals surface area contributed by atoms with Crippen LogP contribution in [0.15, 0.2) is 90.0 Å². The molecule has 8 atom stereocenters. The van der Waals surface area contributed by atoms with E-state index in [-0.39, 0.29) is 18.7 Å². The van der Waals surface area contributed by atoms with Crippen molar-refractivity contribution in [3.63, 3.8) is 0 Å². The number of carbonyl (C=O) groups excluding carboxylic acids is 2. The number of ether oxygens (including phenoxy) is 3. The fourth-order valence-electron chi connectivity index (χ4n) is 6.92. The Balaban J connectivity index is 1.85. The summed E-state index contributed by atoms with van der Waals surface area (Å²) in [5, 5.41) is 30.8. The van der Waals surface area contributed by atoms with Crippen LogP contribution in [0.2, 0.25) is 0 Å². The summed E-state index contributed by atoms with van der Waals surface area (Å²) in [6.07, 6.45) is 34.6. The van der Waals surface area contributed by atoms with Crippen LogP contribution in [0.3, 0.4) is 0 Å². The first-order valence-corrected chi connectivity index (χ1v) is 28.0. The molecule has 0 spiro atoms. The van der Waals surface area contributed by atoms with Gasteiger partial charge in [0.05, 0.1) is 19.3 Å². The number of esters is 2. The Kier molecular flexibility index (Phi) is 33.7. The summed E-state index contributed by atoms with van der Waals surface area (Å²) in [6, 6.07) is 1.24. The molecule has 1 aromatic heterocycles. The monoisotopic (exact) mass is 1040 g/mol. The number of aliphatic hydroxyl groups excluding tert-OH is 3. The molecule has 1 fully saturated rings. The van der Waals surface area contributed by atoms with E-state index in [1.807, 2.05) is 42.5 Å². The number of phosphoric ester groups is 2. The Labute approximate surface area is 419 Å². The molecule has 1 aliphatic rings. The van der Waals surface area contributed by atoms with Crippen LogP contribution < -0.4 is 11.4 Å². The number of aliphatic hydroxyl groups is 3. The van der Waals surface area contributed by atoms with Gasteiger partial charge in [-0.2, -0.15) is 9.29 Å².